The van der Waals surface area contributed by atoms with E-state index in [-0.39, 0.29) is 5.56 Å². The van der Waals surface area contributed by atoms with Crippen LogP contribution >= 0.6 is 23.2 Å². The van der Waals surface area contributed by atoms with E-state index in [9.17, 15) is 14.7 Å². The molecule has 1 heterocycles. The van der Waals surface area contributed by atoms with Crippen LogP contribution in [0.25, 0.3) is 10.9 Å². The number of nitrogens with one attached hydrogen (secondary N) is 3. The van der Waals surface area contributed by atoms with Crippen molar-refractivity contribution >= 4 is 45.9 Å². The maximum atomic E-state index is 12.2. The standard InChI is InChI=1S/C16H12Cl2N4O3/c17-11-3-1-2-8(5-11)14(23)16(25)22-21-15(24)9-4-10-7-19-20-13(10)12(18)6-9/h1-7,14,23H,(H,19,20)(H,21,24)(H,22,25). The molecule has 0 saturated carbocycles. The fourth-order valence-electron chi connectivity index (χ4n) is 2.23. The molecule has 3 aromatic rings. The summed E-state index contributed by atoms with van der Waals surface area (Å²) in [5.74, 6) is -1.39. The van der Waals surface area contributed by atoms with Crippen LogP contribution in [-0.2, 0) is 4.79 Å². The van der Waals surface area contributed by atoms with Crippen LogP contribution in [0.5, 0.6) is 0 Å². The van der Waals surface area contributed by atoms with Gasteiger partial charge < -0.3 is 5.11 Å². The Morgan fingerprint density at radius 3 is 2.72 bits per heavy atom. The molecule has 0 radical (unpaired) electrons. The number of aliphatic hydroxyl groups is 1. The molecule has 0 spiro atoms. The predicted octanol–water partition coefficient (Wildman–Crippen LogP) is 2.36. The third kappa shape index (κ3) is 3.74. The highest BCUT2D eigenvalue weighted by atomic mass is 35.5. The molecule has 2 aromatic carbocycles. The van der Waals surface area contributed by atoms with Gasteiger partial charge in [0.1, 0.15) is 0 Å². The normalized spacial score (nSPS) is 12.0. The van der Waals surface area contributed by atoms with Gasteiger partial charge in [-0.25, -0.2) is 0 Å². The molecule has 0 aliphatic rings. The molecule has 7 nitrogen and oxygen atoms in total. The van der Waals surface area contributed by atoms with Crippen molar-refractivity contribution in [3.63, 3.8) is 0 Å². The number of hydrazine groups is 1. The highest BCUT2D eigenvalue weighted by Gasteiger charge is 2.19. The zero-order valence-electron chi connectivity index (χ0n) is 12.6. The topological polar surface area (TPSA) is 107 Å². The number of hydrogen-bond donors (Lipinski definition) is 4. The number of fused-ring (bicyclic) bond motifs is 1. The van der Waals surface area contributed by atoms with Gasteiger partial charge in [-0.15, -0.1) is 0 Å². The lowest BCUT2D eigenvalue weighted by atomic mass is 10.1. The van der Waals surface area contributed by atoms with Gasteiger partial charge in [-0.2, -0.15) is 5.10 Å². The Morgan fingerprint density at radius 2 is 1.96 bits per heavy atom. The highest BCUT2D eigenvalue weighted by molar-refractivity contribution is 6.35. The summed E-state index contributed by atoms with van der Waals surface area (Å²) < 4.78 is 0. The van der Waals surface area contributed by atoms with Gasteiger partial charge in [0.05, 0.1) is 16.7 Å². The second-order valence-electron chi connectivity index (χ2n) is 5.19. The summed E-state index contributed by atoms with van der Waals surface area (Å²) in [6, 6.07) is 9.24. The quantitative estimate of drug-likeness (QED) is 0.524. The molecule has 3 rings (SSSR count). The third-order valence-electron chi connectivity index (χ3n) is 3.47. The molecular formula is C16H12Cl2N4O3. The largest absolute Gasteiger partial charge is 0.378 e. The van der Waals surface area contributed by atoms with Gasteiger partial charge in [0.25, 0.3) is 11.8 Å². The van der Waals surface area contributed by atoms with E-state index in [0.717, 1.165) is 0 Å². The van der Waals surface area contributed by atoms with E-state index in [4.69, 9.17) is 23.2 Å². The van der Waals surface area contributed by atoms with Gasteiger partial charge in [-0.1, -0.05) is 35.3 Å². The van der Waals surface area contributed by atoms with E-state index < -0.39 is 17.9 Å². The third-order valence-corrected chi connectivity index (χ3v) is 4.01. The zero-order chi connectivity index (χ0) is 18.0. The van der Waals surface area contributed by atoms with Crippen molar-refractivity contribution in [1.82, 2.24) is 21.0 Å². The van der Waals surface area contributed by atoms with Gasteiger partial charge >= 0.3 is 0 Å². The van der Waals surface area contributed by atoms with Crippen LogP contribution in [0, 0.1) is 0 Å². The molecule has 9 heteroatoms. The van der Waals surface area contributed by atoms with E-state index in [1.165, 1.54) is 18.3 Å². The summed E-state index contributed by atoms with van der Waals surface area (Å²) in [6.07, 6.45) is 0.0541. The number of aromatic nitrogens is 2. The second kappa shape index (κ2) is 7.10. The van der Waals surface area contributed by atoms with E-state index in [1.54, 1.807) is 24.3 Å². The number of halogens is 2. The minimum absolute atomic E-state index is 0.233. The SMILES string of the molecule is O=C(NNC(=O)C(O)c1cccc(Cl)c1)c1cc(Cl)c2[nH]ncc2c1. The van der Waals surface area contributed by atoms with E-state index in [2.05, 4.69) is 21.0 Å². The van der Waals surface area contributed by atoms with Crippen molar-refractivity contribution in [2.75, 3.05) is 0 Å². The molecule has 2 amide bonds. The average molecular weight is 379 g/mol. The minimum Gasteiger partial charge on any atom is -0.378 e. The van der Waals surface area contributed by atoms with E-state index in [0.29, 0.717) is 26.5 Å². The van der Waals surface area contributed by atoms with Gasteiger partial charge in [-0.05, 0) is 29.8 Å². The Morgan fingerprint density at radius 1 is 1.16 bits per heavy atom. The van der Waals surface area contributed by atoms with Crippen molar-refractivity contribution in [3.05, 3.63) is 63.8 Å². The zero-order valence-corrected chi connectivity index (χ0v) is 14.1. The molecular weight excluding hydrogens is 367 g/mol. The molecule has 4 N–H and O–H groups in total. The Bertz CT molecular complexity index is 957. The smallest absolute Gasteiger partial charge is 0.271 e. The molecule has 1 aromatic heterocycles. The second-order valence-corrected chi connectivity index (χ2v) is 6.04. The summed E-state index contributed by atoms with van der Waals surface area (Å²) in [5, 5.41) is 17.9. The van der Waals surface area contributed by atoms with Crippen LogP contribution in [0.15, 0.2) is 42.6 Å². The fourth-order valence-corrected chi connectivity index (χ4v) is 2.70. The van der Waals surface area contributed by atoms with Gasteiger partial charge in [-0.3, -0.25) is 25.5 Å². The molecule has 0 aliphatic carbocycles. The Balaban J connectivity index is 1.67. The number of nitrogens with zero attached hydrogens (tertiary/aromatic N) is 1. The lowest BCUT2D eigenvalue weighted by Crippen LogP contribution is -2.44. The summed E-state index contributed by atoms with van der Waals surface area (Å²) in [5.41, 5.74) is 5.54. The summed E-state index contributed by atoms with van der Waals surface area (Å²) >= 11 is 11.9. The lowest BCUT2D eigenvalue weighted by Gasteiger charge is -2.13. The number of carbonyl (C=O) groups is 2. The Labute approximate surface area is 151 Å². The first kappa shape index (κ1) is 17.2. The summed E-state index contributed by atoms with van der Waals surface area (Å²) in [4.78, 5) is 24.1. The maximum absolute atomic E-state index is 12.2. The number of rotatable bonds is 3. The molecule has 0 aliphatic heterocycles. The molecule has 128 valence electrons. The van der Waals surface area contributed by atoms with Crippen LogP contribution in [0.1, 0.15) is 22.0 Å². The van der Waals surface area contributed by atoms with Crippen molar-refractivity contribution in [2.24, 2.45) is 0 Å². The molecule has 0 saturated heterocycles. The van der Waals surface area contributed by atoms with Gasteiger partial charge in [0.15, 0.2) is 6.10 Å². The first-order valence-corrected chi connectivity index (χ1v) is 7.87. The van der Waals surface area contributed by atoms with Crippen molar-refractivity contribution in [2.45, 2.75) is 6.10 Å². The first-order valence-electron chi connectivity index (χ1n) is 7.12. The number of carbonyl (C=O) groups excluding carboxylic acids is 2. The fraction of sp³-hybridized carbons (Fsp3) is 0.0625. The Kier molecular flexibility index (Phi) is 4.89. The number of H-pyrrole nitrogens is 1. The predicted molar refractivity (Wildman–Crippen MR) is 93.1 cm³/mol. The minimum atomic E-state index is -1.47. The summed E-state index contributed by atoms with van der Waals surface area (Å²) in [6.45, 7) is 0. The maximum Gasteiger partial charge on any atom is 0.271 e. The highest BCUT2D eigenvalue weighted by Crippen LogP contribution is 2.23. The molecule has 1 atom stereocenters. The number of benzene rings is 2. The van der Waals surface area contributed by atoms with Crippen LogP contribution in [0.3, 0.4) is 0 Å². The molecule has 0 bridgehead atoms. The van der Waals surface area contributed by atoms with E-state index in [1.807, 2.05) is 0 Å². The molecule has 25 heavy (non-hydrogen) atoms. The van der Waals surface area contributed by atoms with Crippen LogP contribution in [-0.4, -0.2) is 27.1 Å². The number of aliphatic hydroxyl groups excluding tert-OH is 1. The lowest BCUT2D eigenvalue weighted by molar-refractivity contribution is -0.130. The number of amides is 2. The first-order chi connectivity index (χ1) is 12.0. The summed E-state index contributed by atoms with van der Waals surface area (Å²) in [7, 11) is 0. The van der Waals surface area contributed by atoms with Crippen molar-refractivity contribution < 1.29 is 14.7 Å². The number of aromatic amines is 1. The van der Waals surface area contributed by atoms with Crippen molar-refractivity contribution in [1.29, 1.82) is 0 Å². The van der Waals surface area contributed by atoms with Crippen LogP contribution in [0.4, 0.5) is 0 Å². The molecule has 1 unspecified atom stereocenters. The molecule has 0 fully saturated rings. The van der Waals surface area contributed by atoms with Gasteiger partial charge in [0, 0.05) is 16.0 Å². The average Bonchev–Trinajstić information content (AvgIpc) is 3.07. The number of hydrogen-bond acceptors (Lipinski definition) is 4. The monoisotopic (exact) mass is 378 g/mol. The van der Waals surface area contributed by atoms with Crippen molar-refractivity contribution in [3.8, 4) is 0 Å². The van der Waals surface area contributed by atoms with Gasteiger partial charge in [0.2, 0.25) is 0 Å². The Hall–Kier alpha value is -2.61. The van der Waals surface area contributed by atoms with Crippen LogP contribution in [0.2, 0.25) is 10.0 Å². The van der Waals surface area contributed by atoms with E-state index >= 15 is 0 Å². The van der Waals surface area contributed by atoms with Crippen LogP contribution < -0.4 is 10.9 Å².